The molecule has 0 aliphatic heterocycles. The third-order valence-electron chi connectivity index (χ3n) is 4.96. The maximum Gasteiger partial charge on any atom is 0.230 e. The number of amides is 1. The van der Waals surface area contributed by atoms with E-state index in [-0.39, 0.29) is 11.7 Å². The molecule has 1 N–H and O–H groups in total. The Kier molecular flexibility index (Phi) is 6.58. The minimum absolute atomic E-state index is 0.0475. The van der Waals surface area contributed by atoms with E-state index in [0.717, 1.165) is 33.5 Å². The maximum absolute atomic E-state index is 12.4. The summed E-state index contributed by atoms with van der Waals surface area (Å²) >= 11 is 3.06. The summed E-state index contributed by atoms with van der Waals surface area (Å²) in [6.07, 6.45) is 2.04. The highest BCUT2D eigenvalue weighted by Crippen LogP contribution is 2.29. The van der Waals surface area contributed by atoms with E-state index in [1.54, 1.807) is 11.8 Å². The normalized spacial score (nSPS) is 11.1. The molecule has 4 aromatic rings. The van der Waals surface area contributed by atoms with E-state index in [4.69, 9.17) is 5.10 Å². The molecule has 0 saturated heterocycles. The Balaban J connectivity index is 1.48. The number of nitrogens with zero attached hydrogens (tertiary/aromatic N) is 4. The summed E-state index contributed by atoms with van der Waals surface area (Å²) in [6, 6.07) is 18.2. The number of hydrogen-bond acceptors (Lipinski definition) is 6. The SMILES string of the molecule is CSc1ccc(CNC(=O)CSc2nnc(C)c3c(C)n(-c4ccccc4)nc23)cc1. The number of hydrogen-bond donors (Lipinski definition) is 1. The van der Waals surface area contributed by atoms with E-state index in [2.05, 4.69) is 27.6 Å². The monoisotopic (exact) mass is 449 g/mol. The zero-order valence-electron chi connectivity index (χ0n) is 17.6. The van der Waals surface area contributed by atoms with Gasteiger partial charge in [0.1, 0.15) is 10.5 Å². The molecule has 0 radical (unpaired) electrons. The van der Waals surface area contributed by atoms with Crippen LogP contribution < -0.4 is 5.32 Å². The van der Waals surface area contributed by atoms with Crippen LogP contribution in [0.25, 0.3) is 16.6 Å². The lowest BCUT2D eigenvalue weighted by Crippen LogP contribution is -2.24. The molecule has 0 unspecified atom stereocenters. The summed E-state index contributed by atoms with van der Waals surface area (Å²) in [5.41, 5.74) is 4.67. The summed E-state index contributed by atoms with van der Waals surface area (Å²) in [4.78, 5) is 13.6. The highest BCUT2D eigenvalue weighted by molar-refractivity contribution is 8.00. The van der Waals surface area contributed by atoms with E-state index in [0.29, 0.717) is 11.6 Å². The molecule has 0 aliphatic carbocycles. The van der Waals surface area contributed by atoms with Crippen molar-refractivity contribution >= 4 is 40.3 Å². The Bertz CT molecular complexity index is 1210. The highest BCUT2D eigenvalue weighted by Gasteiger charge is 2.18. The predicted molar refractivity (Wildman–Crippen MR) is 127 cm³/mol. The lowest BCUT2D eigenvalue weighted by Gasteiger charge is -2.06. The van der Waals surface area contributed by atoms with Gasteiger partial charge in [0.2, 0.25) is 5.91 Å². The fourth-order valence-corrected chi connectivity index (χ4v) is 4.51. The molecule has 0 spiro atoms. The molecule has 8 heteroatoms. The predicted octanol–water partition coefficient (Wildman–Crippen LogP) is 4.56. The fourth-order valence-electron chi connectivity index (χ4n) is 3.35. The second-order valence-corrected chi connectivity index (χ2v) is 8.90. The molecule has 4 rings (SSSR count). The van der Waals surface area contributed by atoms with Gasteiger partial charge >= 0.3 is 0 Å². The average molecular weight is 450 g/mol. The molecular weight excluding hydrogens is 426 g/mol. The van der Waals surface area contributed by atoms with Crippen LogP contribution in [0.2, 0.25) is 0 Å². The first-order valence-electron chi connectivity index (χ1n) is 9.87. The molecule has 0 atom stereocenters. The quantitative estimate of drug-likeness (QED) is 0.417. The zero-order valence-corrected chi connectivity index (χ0v) is 19.3. The Morgan fingerprint density at radius 1 is 1.03 bits per heavy atom. The van der Waals surface area contributed by atoms with Gasteiger partial charge in [-0.1, -0.05) is 42.1 Å². The van der Waals surface area contributed by atoms with Crippen LogP contribution in [0.4, 0.5) is 0 Å². The van der Waals surface area contributed by atoms with Crippen LogP contribution in [0.5, 0.6) is 0 Å². The molecule has 158 valence electrons. The average Bonchev–Trinajstić information content (AvgIpc) is 3.16. The summed E-state index contributed by atoms with van der Waals surface area (Å²) in [5, 5.41) is 18.0. The number of rotatable bonds is 7. The standard InChI is InChI=1S/C23H23N5OS2/c1-15-21-16(2)28(18-7-5-4-6-8-18)27-22(21)23(26-25-15)31-14-20(29)24-13-17-9-11-19(30-3)12-10-17/h4-12H,13-14H2,1-3H3,(H,24,29). The molecular formula is C23H23N5OS2. The van der Waals surface area contributed by atoms with Gasteiger partial charge in [0.15, 0.2) is 0 Å². The van der Waals surface area contributed by atoms with Crippen molar-refractivity contribution in [2.45, 2.75) is 30.3 Å². The van der Waals surface area contributed by atoms with E-state index in [1.807, 2.05) is 67.2 Å². The van der Waals surface area contributed by atoms with Gasteiger partial charge in [0, 0.05) is 16.8 Å². The Labute approximate surface area is 189 Å². The van der Waals surface area contributed by atoms with Crippen molar-refractivity contribution in [1.82, 2.24) is 25.3 Å². The number of benzene rings is 2. The summed E-state index contributed by atoms with van der Waals surface area (Å²) < 4.78 is 1.91. The minimum Gasteiger partial charge on any atom is -0.351 e. The summed E-state index contributed by atoms with van der Waals surface area (Å²) in [5.74, 6) is 0.209. The number of nitrogens with one attached hydrogen (secondary N) is 1. The molecule has 0 saturated carbocycles. The van der Waals surface area contributed by atoms with Crippen LogP contribution in [-0.2, 0) is 11.3 Å². The minimum atomic E-state index is -0.0475. The van der Waals surface area contributed by atoms with Crippen molar-refractivity contribution in [2.24, 2.45) is 0 Å². The Morgan fingerprint density at radius 3 is 2.48 bits per heavy atom. The third-order valence-corrected chi connectivity index (χ3v) is 6.66. The number of para-hydroxylation sites is 1. The number of fused-ring (bicyclic) bond motifs is 1. The van der Waals surface area contributed by atoms with E-state index in [9.17, 15) is 4.79 Å². The number of thioether (sulfide) groups is 2. The van der Waals surface area contributed by atoms with Gasteiger partial charge in [-0.2, -0.15) is 10.2 Å². The molecule has 2 aromatic carbocycles. The first-order chi connectivity index (χ1) is 15.1. The largest absolute Gasteiger partial charge is 0.351 e. The van der Waals surface area contributed by atoms with Gasteiger partial charge in [0.25, 0.3) is 0 Å². The molecule has 2 heterocycles. The lowest BCUT2D eigenvalue weighted by atomic mass is 10.2. The van der Waals surface area contributed by atoms with Gasteiger partial charge in [-0.05, 0) is 49.9 Å². The van der Waals surface area contributed by atoms with Crippen molar-refractivity contribution in [1.29, 1.82) is 0 Å². The van der Waals surface area contributed by atoms with Crippen LogP contribution in [0, 0.1) is 13.8 Å². The number of aryl methyl sites for hydroxylation is 2. The Hall–Kier alpha value is -2.84. The van der Waals surface area contributed by atoms with Crippen molar-refractivity contribution in [3.05, 3.63) is 71.5 Å². The van der Waals surface area contributed by atoms with Crippen LogP contribution in [0.3, 0.4) is 0 Å². The lowest BCUT2D eigenvalue weighted by molar-refractivity contribution is -0.118. The van der Waals surface area contributed by atoms with Crippen LogP contribution in [-0.4, -0.2) is 37.9 Å². The van der Waals surface area contributed by atoms with Gasteiger partial charge < -0.3 is 5.32 Å². The van der Waals surface area contributed by atoms with Crippen molar-refractivity contribution in [3.63, 3.8) is 0 Å². The van der Waals surface area contributed by atoms with Crippen molar-refractivity contribution in [3.8, 4) is 5.69 Å². The van der Waals surface area contributed by atoms with Gasteiger partial charge in [-0.3, -0.25) is 4.79 Å². The highest BCUT2D eigenvalue weighted by atomic mass is 32.2. The van der Waals surface area contributed by atoms with Crippen molar-refractivity contribution in [2.75, 3.05) is 12.0 Å². The van der Waals surface area contributed by atoms with Crippen LogP contribution in [0.15, 0.2) is 64.5 Å². The number of carbonyl (C=O) groups is 1. The molecule has 6 nitrogen and oxygen atoms in total. The number of carbonyl (C=O) groups excluding carboxylic acids is 1. The van der Waals surface area contributed by atoms with Gasteiger partial charge in [0.05, 0.1) is 22.8 Å². The van der Waals surface area contributed by atoms with Gasteiger partial charge in [-0.25, -0.2) is 4.68 Å². The summed E-state index contributed by atoms with van der Waals surface area (Å²) in [6.45, 7) is 4.47. The molecule has 0 fully saturated rings. The first kappa shape index (κ1) is 21.4. The molecule has 0 aliphatic rings. The fraction of sp³-hybridized carbons (Fsp3) is 0.217. The van der Waals surface area contributed by atoms with Crippen LogP contribution >= 0.6 is 23.5 Å². The van der Waals surface area contributed by atoms with Crippen molar-refractivity contribution < 1.29 is 4.79 Å². The second kappa shape index (κ2) is 9.53. The molecule has 1 amide bonds. The number of aromatic nitrogens is 4. The second-order valence-electron chi connectivity index (χ2n) is 7.06. The first-order valence-corrected chi connectivity index (χ1v) is 12.1. The zero-order chi connectivity index (χ0) is 21.8. The van der Waals surface area contributed by atoms with E-state index >= 15 is 0 Å². The Morgan fingerprint density at radius 2 is 1.77 bits per heavy atom. The smallest absolute Gasteiger partial charge is 0.230 e. The van der Waals surface area contributed by atoms with E-state index in [1.165, 1.54) is 16.7 Å². The third kappa shape index (κ3) is 4.75. The van der Waals surface area contributed by atoms with Crippen LogP contribution in [0.1, 0.15) is 17.0 Å². The molecule has 2 aromatic heterocycles. The van der Waals surface area contributed by atoms with Gasteiger partial charge in [-0.15, -0.1) is 16.9 Å². The maximum atomic E-state index is 12.4. The topological polar surface area (TPSA) is 72.7 Å². The summed E-state index contributed by atoms with van der Waals surface area (Å²) in [7, 11) is 0. The van der Waals surface area contributed by atoms with E-state index < -0.39 is 0 Å². The molecule has 0 bridgehead atoms. The molecule has 31 heavy (non-hydrogen) atoms.